The Morgan fingerprint density at radius 1 is 1.07 bits per heavy atom. The van der Waals surface area contributed by atoms with Gasteiger partial charge in [-0.2, -0.15) is 0 Å². The molecule has 3 atom stereocenters. The SMILES string of the molecule is Cc1c[nH]c2ncc(-c3cc4c(c([C@@H]5COCCN5C(=O)OC(C)(C)C)c3)CN(C(=O)N3CC(C)OCC3C)CC4)cc12. The van der Waals surface area contributed by atoms with Crippen molar-refractivity contribution in [3.8, 4) is 11.1 Å². The van der Waals surface area contributed by atoms with Crippen LogP contribution in [0.25, 0.3) is 22.2 Å². The van der Waals surface area contributed by atoms with Gasteiger partial charge < -0.3 is 29.0 Å². The Kier molecular flexibility index (Phi) is 7.85. The fourth-order valence-electron chi connectivity index (χ4n) is 6.37. The van der Waals surface area contributed by atoms with Crippen LogP contribution in [-0.2, 0) is 27.2 Å². The zero-order valence-corrected chi connectivity index (χ0v) is 26.1. The van der Waals surface area contributed by atoms with Gasteiger partial charge in [-0.05, 0) is 87.9 Å². The molecule has 3 aromatic rings. The van der Waals surface area contributed by atoms with E-state index in [1.807, 2.05) is 56.8 Å². The first-order valence-corrected chi connectivity index (χ1v) is 15.3. The second-order valence-corrected chi connectivity index (χ2v) is 13.2. The lowest BCUT2D eigenvalue weighted by atomic mass is 9.87. The Balaban J connectivity index is 1.41. The minimum atomic E-state index is -0.619. The highest BCUT2D eigenvalue weighted by Crippen LogP contribution is 2.37. The highest BCUT2D eigenvalue weighted by atomic mass is 16.6. The second-order valence-electron chi connectivity index (χ2n) is 13.2. The summed E-state index contributed by atoms with van der Waals surface area (Å²) in [5.41, 5.74) is 6.67. The van der Waals surface area contributed by atoms with E-state index in [1.54, 1.807) is 4.90 Å². The molecule has 3 aliphatic rings. The van der Waals surface area contributed by atoms with E-state index < -0.39 is 5.60 Å². The van der Waals surface area contributed by atoms with E-state index >= 15 is 0 Å². The van der Waals surface area contributed by atoms with Crippen molar-refractivity contribution in [2.75, 3.05) is 39.5 Å². The zero-order chi connectivity index (χ0) is 30.5. The van der Waals surface area contributed by atoms with E-state index in [0.29, 0.717) is 46.0 Å². The third kappa shape index (κ3) is 5.95. The molecule has 5 heterocycles. The van der Waals surface area contributed by atoms with E-state index in [9.17, 15) is 9.59 Å². The van der Waals surface area contributed by atoms with Gasteiger partial charge in [0, 0.05) is 49.5 Å². The molecule has 1 aromatic carbocycles. The van der Waals surface area contributed by atoms with Gasteiger partial charge in [-0.15, -0.1) is 0 Å². The van der Waals surface area contributed by atoms with Crippen LogP contribution in [0.1, 0.15) is 62.9 Å². The lowest BCUT2D eigenvalue weighted by Crippen LogP contribution is -2.55. The first kappa shape index (κ1) is 29.4. The van der Waals surface area contributed by atoms with Crippen molar-refractivity contribution < 1.29 is 23.8 Å². The van der Waals surface area contributed by atoms with Gasteiger partial charge in [-0.25, -0.2) is 14.6 Å². The molecule has 2 aromatic heterocycles. The molecule has 0 saturated carbocycles. The van der Waals surface area contributed by atoms with Crippen molar-refractivity contribution >= 4 is 23.2 Å². The standard InChI is InChI=1S/C33H43N5O5/c1-20-14-34-30-26(20)13-25(15-35-30)24-11-23-7-8-36(31(39)38-16-22(3)42-18-21(38)2)17-28(23)27(12-24)29-19-41-10-9-37(29)32(40)43-33(4,5)6/h11-15,21-22,29H,7-10,16-19H2,1-6H3,(H,34,35)/t21?,22?,29-/m0/s1. The van der Waals surface area contributed by atoms with Crippen LogP contribution in [0.15, 0.2) is 30.6 Å². The number of aromatic amines is 1. The van der Waals surface area contributed by atoms with Crippen molar-refractivity contribution in [3.63, 3.8) is 0 Å². The molecule has 10 heteroatoms. The van der Waals surface area contributed by atoms with Gasteiger partial charge in [0.2, 0.25) is 0 Å². The topological polar surface area (TPSA) is 100 Å². The molecule has 2 fully saturated rings. The first-order chi connectivity index (χ1) is 20.5. The van der Waals surface area contributed by atoms with Gasteiger partial charge in [0.05, 0.1) is 38.0 Å². The number of nitrogens with zero attached hydrogens (tertiary/aromatic N) is 4. The number of amides is 3. The second kappa shape index (κ2) is 11.5. The minimum Gasteiger partial charge on any atom is -0.444 e. The van der Waals surface area contributed by atoms with Crippen LogP contribution in [0.5, 0.6) is 0 Å². The van der Waals surface area contributed by atoms with Crippen LogP contribution in [0.2, 0.25) is 0 Å². The lowest BCUT2D eigenvalue weighted by molar-refractivity contribution is -0.0381. The quantitative estimate of drug-likeness (QED) is 0.428. The summed E-state index contributed by atoms with van der Waals surface area (Å²) in [6, 6.07) is 6.26. The number of carbonyl (C=O) groups excluding carboxylic acids is 2. The molecular formula is C33H43N5O5. The Bertz CT molecular complexity index is 1530. The number of nitrogens with one attached hydrogen (secondary N) is 1. The Morgan fingerprint density at radius 2 is 1.88 bits per heavy atom. The number of aryl methyl sites for hydroxylation is 1. The number of urea groups is 1. The molecule has 0 spiro atoms. The predicted molar refractivity (Wildman–Crippen MR) is 164 cm³/mol. The average molecular weight is 590 g/mol. The number of hydrogen-bond acceptors (Lipinski definition) is 6. The summed E-state index contributed by atoms with van der Waals surface area (Å²) in [5, 5.41) is 1.08. The van der Waals surface area contributed by atoms with Gasteiger partial charge in [0.15, 0.2) is 0 Å². The summed E-state index contributed by atoms with van der Waals surface area (Å²) in [5.74, 6) is 0. The maximum absolute atomic E-state index is 13.8. The highest BCUT2D eigenvalue weighted by molar-refractivity contribution is 5.85. The number of pyridine rings is 1. The molecule has 0 aliphatic carbocycles. The van der Waals surface area contributed by atoms with Gasteiger partial charge in [-0.1, -0.05) is 6.07 Å². The summed E-state index contributed by atoms with van der Waals surface area (Å²) in [7, 11) is 0. The highest BCUT2D eigenvalue weighted by Gasteiger charge is 2.37. The van der Waals surface area contributed by atoms with Crippen LogP contribution in [0.3, 0.4) is 0 Å². The molecule has 1 N–H and O–H groups in total. The zero-order valence-electron chi connectivity index (χ0n) is 26.1. The fourth-order valence-corrected chi connectivity index (χ4v) is 6.37. The number of fused-ring (bicyclic) bond motifs is 2. The Labute approximate surface area is 253 Å². The predicted octanol–water partition coefficient (Wildman–Crippen LogP) is 5.43. The number of morpholine rings is 2. The average Bonchev–Trinajstić information content (AvgIpc) is 3.36. The number of ether oxygens (including phenoxy) is 3. The molecule has 0 bridgehead atoms. The van der Waals surface area contributed by atoms with E-state index in [-0.39, 0.29) is 30.3 Å². The molecule has 2 unspecified atom stereocenters. The molecule has 43 heavy (non-hydrogen) atoms. The smallest absolute Gasteiger partial charge is 0.410 e. The fraction of sp³-hybridized carbons (Fsp3) is 0.545. The molecule has 3 aliphatic heterocycles. The van der Waals surface area contributed by atoms with Gasteiger partial charge >= 0.3 is 12.1 Å². The lowest BCUT2D eigenvalue weighted by Gasteiger charge is -2.42. The molecule has 3 amide bonds. The van der Waals surface area contributed by atoms with Gasteiger partial charge in [0.1, 0.15) is 11.2 Å². The van der Waals surface area contributed by atoms with Crippen molar-refractivity contribution in [2.24, 2.45) is 0 Å². The number of H-pyrrole nitrogens is 1. The summed E-state index contributed by atoms with van der Waals surface area (Å²) in [6.45, 7) is 15.2. The summed E-state index contributed by atoms with van der Waals surface area (Å²) >= 11 is 0. The molecular weight excluding hydrogens is 546 g/mol. The summed E-state index contributed by atoms with van der Waals surface area (Å²) in [4.78, 5) is 40.9. The first-order valence-electron chi connectivity index (χ1n) is 15.3. The third-order valence-corrected chi connectivity index (χ3v) is 8.69. The number of benzene rings is 1. The van der Waals surface area contributed by atoms with Crippen molar-refractivity contribution in [1.29, 1.82) is 0 Å². The summed E-state index contributed by atoms with van der Waals surface area (Å²) < 4.78 is 17.6. The Morgan fingerprint density at radius 3 is 2.67 bits per heavy atom. The number of hydrogen-bond donors (Lipinski definition) is 1. The maximum atomic E-state index is 13.8. The molecule has 6 rings (SSSR count). The molecule has 10 nitrogen and oxygen atoms in total. The number of carbonyl (C=O) groups is 2. The Hall–Kier alpha value is -3.63. The van der Waals surface area contributed by atoms with Crippen LogP contribution >= 0.6 is 0 Å². The number of aromatic nitrogens is 2. The summed E-state index contributed by atoms with van der Waals surface area (Å²) in [6.07, 6.45) is 4.23. The number of rotatable bonds is 2. The van der Waals surface area contributed by atoms with E-state index in [2.05, 4.69) is 35.1 Å². The normalized spacial score (nSPS) is 22.9. The molecule has 230 valence electrons. The van der Waals surface area contributed by atoms with E-state index in [0.717, 1.165) is 45.3 Å². The molecule has 2 saturated heterocycles. The maximum Gasteiger partial charge on any atom is 0.410 e. The monoisotopic (exact) mass is 589 g/mol. The van der Waals surface area contributed by atoms with Crippen LogP contribution in [0.4, 0.5) is 9.59 Å². The van der Waals surface area contributed by atoms with Crippen LogP contribution in [-0.4, -0.2) is 94.0 Å². The van der Waals surface area contributed by atoms with Gasteiger partial charge in [0.25, 0.3) is 0 Å². The molecule has 0 radical (unpaired) electrons. The van der Waals surface area contributed by atoms with Crippen molar-refractivity contribution in [2.45, 2.75) is 78.3 Å². The van der Waals surface area contributed by atoms with Crippen molar-refractivity contribution in [3.05, 3.63) is 52.8 Å². The van der Waals surface area contributed by atoms with Crippen molar-refractivity contribution in [1.82, 2.24) is 24.7 Å². The largest absolute Gasteiger partial charge is 0.444 e. The van der Waals surface area contributed by atoms with E-state index in [4.69, 9.17) is 14.2 Å². The van der Waals surface area contributed by atoms with Crippen LogP contribution in [0, 0.1) is 6.92 Å². The third-order valence-electron chi connectivity index (χ3n) is 8.69. The minimum absolute atomic E-state index is 0.00623. The van der Waals surface area contributed by atoms with E-state index in [1.165, 1.54) is 5.56 Å². The van der Waals surface area contributed by atoms with Crippen LogP contribution < -0.4 is 0 Å². The van der Waals surface area contributed by atoms with Gasteiger partial charge in [-0.3, -0.25) is 4.90 Å².